The van der Waals surface area contributed by atoms with Crippen LogP contribution in [0.15, 0.2) is 10.9 Å². The predicted octanol–water partition coefficient (Wildman–Crippen LogP) is 1.70. The van der Waals surface area contributed by atoms with Crippen molar-refractivity contribution in [3.8, 4) is 0 Å². The van der Waals surface area contributed by atoms with Gasteiger partial charge in [-0.15, -0.1) is 0 Å². The Kier molecular flexibility index (Phi) is 3.77. The largest absolute Gasteiger partial charge is 0.390 e. The SMILES string of the molecule is O=c1cc(C(F)F)[nH]c(CO)c1CBr. The normalized spacial score (nSPS) is 10.9. The molecule has 0 spiro atoms. The summed E-state index contributed by atoms with van der Waals surface area (Å²) in [4.78, 5) is 13.6. The minimum Gasteiger partial charge on any atom is -0.390 e. The Morgan fingerprint density at radius 2 is 2.21 bits per heavy atom. The zero-order valence-electron chi connectivity index (χ0n) is 7.06. The second-order valence-electron chi connectivity index (χ2n) is 2.64. The van der Waals surface area contributed by atoms with Gasteiger partial charge in [-0.25, -0.2) is 8.78 Å². The van der Waals surface area contributed by atoms with Gasteiger partial charge in [-0.05, 0) is 0 Å². The predicted molar refractivity (Wildman–Crippen MR) is 50.6 cm³/mol. The molecule has 0 bridgehead atoms. The summed E-state index contributed by atoms with van der Waals surface area (Å²) in [6.07, 6.45) is -2.74. The van der Waals surface area contributed by atoms with Gasteiger partial charge in [0.25, 0.3) is 6.43 Å². The molecule has 0 unspecified atom stereocenters. The van der Waals surface area contributed by atoms with Gasteiger partial charge in [0.05, 0.1) is 12.3 Å². The van der Waals surface area contributed by atoms with Gasteiger partial charge in [-0.1, -0.05) is 15.9 Å². The Morgan fingerprint density at radius 3 is 2.64 bits per heavy atom. The molecule has 0 atom stereocenters. The highest BCUT2D eigenvalue weighted by Crippen LogP contribution is 2.16. The Morgan fingerprint density at radius 1 is 1.57 bits per heavy atom. The van der Waals surface area contributed by atoms with Crippen LogP contribution in [-0.2, 0) is 11.9 Å². The first kappa shape index (κ1) is 11.3. The van der Waals surface area contributed by atoms with E-state index in [0.717, 1.165) is 6.07 Å². The maximum absolute atomic E-state index is 12.2. The maximum atomic E-state index is 12.2. The first-order valence-electron chi connectivity index (χ1n) is 3.80. The molecule has 6 heteroatoms. The third-order valence-corrected chi connectivity index (χ3v) is 2.33. The number of rotatable bonds is 3. The molecule has 0 aliphatic rings. The molecule has 0 saturated carbocycles. The average Bonchev–Trinajstić information content (AvgIpc) is 2.16. The summed E-state index contributed by atoms with van der Waals surface area (Å²) < 4.78 is 24.5. The van der Waals surface area contributed by atoms with Crippen molar-refractivity contribution in [2.75, 3.05) is 0 Å². The van der Waals surface area contributed by atoms with Gasteiger partial charge >= 0.3 is 0 Å². The Balaban J connectivity index is 3.32. The third-order valence-electron chi connectivity index (χ3n) is 1.77. The number of aliphatic hydroxyl groups excluding tert-OH is 1. The molecule has 0 saturated heterocycles. The van der Waals surface area contributed by atoms with Crippen LogP contribution in [-0.4, -0.2) is 10.1 Å². The molecule has 0 fully saturated rings. The van der Waals surface area contributed by atoms with Crippen LogP contribution in [0.5, 0.6) is 0 Å². The van der Waals surface area contributed by atoms with Gasteiger partial charge in [0.1, 0.15) is 0 Å². The average molecular weight is 268 g/mol. The molecule has 0 radical (unpaired) electrons. The van der Waals surface area contributed by atoms with Gasteiger partial charge < -0.3 is 10.1 Å². The van der Waals surface area contributed by atoms with Gasteiger partial charge in [0, 0.05) is 22.7 Å². The van der Waals surface area contributed by atoms with E-state index < -0.39 is 24.2 Å². The van der Waals surface area contributed by atoms with E-state index in [2.05, 4.69) is 20.9 Å². The molecule has 0 aliphatic heterocycles. The van der Waals surface area contributed by atoms with E-state index in [1.54, 1.807) is 0 Å². The lowest BCUT2D eigenvalue weighted by Crippen LogP contribution is -2.14. The van der Waals surface area contributed by atoms with Crippen LogP contribution >= 0.6 is 15.9 Å². The smallest absolute Gasteiger partial charge is 0.278 e. The van der Waals surface area contributed by atoms with Gasteiger partial charge in [0.15, 0.2) is 5.43 Å². The van der Waals surface area contributed by atoms with Crippen LogP contribution in [0.3, 0.4) is 0 Å². The van der Waals surface area contributed by atoms with E-state index in [9.17, 15) is 13.6 Å². The minimum atomic E-state index is -2.74. The molecule has 1 rings (SSSR count). The molecule has 0 aliphatic carbocycles. The number of aromatic nitrogens is 1. The topological polar surface area (TPSA) is 53.1 Å². The van der Waals surface area contributed by atoms with Crippen molar-refractivity contribution in [2.45, 2.75) is 18.4 Å². The van der Waals surface area contributed by atoms with Crippen LogP contribution in [0.25, 0.3) is 0 Å². The molecule has 2 N–H and O–H groups in total. The first-order valence-corrected chi connectivity index (χ1v) is 4.92. The summed E-state index contributed by atoms with van der Waals surface area (Å²) in [5, 5.41) is 9.07. The number of hydrogen-bond donors (Lipinski definition) is 2. The lowest BCUT2D eigenvalue weighted by molar-refractivity contribution is 0.145. The van der Waals surface area contributed by atoms with Gasteiger partial charge in [-0.2, -0.15) is 0 Å². The first-order chi connectivity index (χ1) is 6.60. The summed E-state index contributed by atoms with van der Waals surface area (Å²) in [7, 11) is 0. The molecule has 0 aromatic carbocycles. The molecule has 0 amide bonds. The number of pyridine rings is 1. The molecule has 3 nitrogen and oxygen atoms in total. The molecule has 1 aromatic rings. The lowest BCUT2D eigenvalue weighted by Gasteiger charge is -2.07. The lowest BCUT2D eigenvalue weighted by atomic mass is 10.2. The molecule has 1 aromatic heterocycles. The van der Waals surface area contributed by atoms with Crippen molar-refractivity contribution in [3.63, 3.8) is 0 Å². The maximum Gasteiger partial charge on any atom is 0.278 e. The number of halogens is 3. The molecule has 14 heavy (non-hydrogen) atoms. The van der Waals surface area contributed by atoms with Crippen molar-refractivity contribution in [3.05, 3.63) is 33.2 Å². The Bertz CT molecular complexity index is 378. The van der Waals surface area contributed by atoms with Crippen molar-refractivity contribution in [1.29, 1.82) is 0 Å². The summed E-state index contributed by atoms with van der Waals surface area (Å²) >= 11 is 3.04. The van der Waals surface area contributed by atoms with Crippen LogP contribution < -0.4 is 5.43 Å². The summed E-state index contributed by atoms with van der Waals surface area (Å²) in [6.45, 7) is -0.462. The highest BCUT2D eigenvalue weighted by atomic mass is 79.9. The van der Waals surface area contributed by atoms with Gasteiger partial charge in [0.2, 0.25) is 0 Å². The van der Waals surface area contributed by atoms with Crippen LogP contribution in [0.4, 0.5) is 8.78 Å². The fraction of sp³-hybridized carbons (Fsp3) is 0.375. The molecular formula is C8H8BrF2NO2. The fourth-order valence-corrected chi connectivity index (χ4v) is 1.68. The summed E-state index contributed by atoms with van der Waals surface area (Å²) in [5.41, 5.74) is -0.565. The zero-order valence-corrected chi connectivity index (χ0v) is 8.64. The quantitative estimate of drug-likeness (QED) is 0.820. The zero-order chi connectivity index (χ0) is 10.7. The van der Waals surface area contributed by atoms with Crippen molar-refractivity contribution < 1.29 is 13.9 Å². The Hall–Kier alpha value is -0.750. The second kappa shape index (κ2) is 4.65. The van der Waals surface area contributed by atoms with E-state index in [0.29, 0.717) is 0 Å². The molecule has 78 valence electrons. The number of nitrogens with one attached hydrogen (secondary N) is 1. The van der Waals surface area contributed by atoms with Gasteiger partial charge in [-0.3, -0.25) is 4.79 Å². The van der Waals surface area contributed by atoms with Crippen LogP contribution in [0, 0.1) is 0 Å². The number of aliphatic hydroxyl groups is 1. The second-order valence-corrected chi connectivity index (χ2v) is 3.20. The standard InChI is InChI=1S/C8H8BrF2NO2/c9-2-4-6(3-13)12-5(8(10)11)1-7(4)14/h1,8,13H,2-3H2,(H,12,14). The monoisotopic (exact) mass is 267 g/mol. The number of H-pyrrole nitrogens is 1. The van der Waals surface area contributed by atoms with Crippen molar-refractivity contribution in [1.82, 2.24) is 4.98 Å². The number of hydrogen-bond acceptors (Lipinski definition) is 2. The van der Waals surface area contributed by atoms with Crippen LogP contribution in [0.2, 0.25) is 0 Å². The van der Waals surface area contributed by atoms with Crippen LogP contribution in [0.1, 0.15) is 23.4 Å². The van der Waals surface area contributed by atoms with E-state index in [1.807, 2.05) is 0 Å². The fourth-order valence-electron chi connectivity index (χ4n) is 1.06. The van der Waals surface area contributed by atoms with E-state index >= 15 is 0 Å². The van der Waals surface area contributed by atoms with Crippen molar-refractivity contribution >= 4 is 15.9 Å². The number of aromatic amines is 1. The molecule has 1 heterocycles. The highest BCUT2D eigenvalue weighted by molar-refractivity contribution is 9.08. The third kappa shape index (κ3) is 2.19. The summed E-state index contributed by atoms with van der Waals surface area (Å²) in [5.74, 6) is 0. The van der Waals surface area contributed by atoms with E-state index in [4.69, 9.17) is 5.11 Å². The number of alkyl halides is 3. The molecular weight excluding hydrogens is 260 g/mol. The van der Waals surface area contributed by atoms with Crippen molar-refractivity contribution in [2.24, 2.45) is 0 Å². The Labute approximate surface area is 86.9 Å². The summed E-state index contributed by atoms with van der Waals surface area (Å²) in [6, 6.07) is 0.848. The van der Waals surface area contributed by atoms with E-state index in [1.165, 1.54) is 0 Å². The minimum absolute atomic E-state index is 0.129. The highest BCUT2D eigenvalue weighted by Gasteiger charge is 2.13. The van der Waals surface area contributed by atoms with E-state index in [-0.39, 0.29) is 16.6 Å².